The molecule has 2 aromatic rings. The molecule has 0 spiro atoms. The minimum atomic E-state index is -0.168. The van der Waals surface area contributed by atoms with Gasteiger partial charge in [-0.15, -0.1) is 0 Å². The fraction of sp³-hybridized carbons (Fsp3) is 0.143. The molecule has 2 rings (SSSR count). The molecule has 82 valence electrons. The lowest BCUT2D eigenvalue weighted by Crippen LogP contribution is -2.05. The molecular formula is C14H14FN. The Morgan fingerprint density at radius 2 is 1.81 bits per heavy atom. The Morgan fingerprint density at radius 3 is 2.44 bits per heavy atom. The predicted molar refractivity (Wildman–Crippen MR) is 64.6 cm³/mol. The van der Waals surface area contributed by atoms with Crippen LogP contribution in [0.3, 0.4) is 0 Å². The standard InChI is InChI=1S/C14H14FN/c1-16-10-11-7-8-13(14(15)9-11)12-5-3-2-4-6-12/h2-9,16H,10H2,1H3. The number of halogens is 1. The number of hydrogen-bond donors (Lipinski definition) is 1. The van der Waals surface area contributed by atoms with E-state index in [0.29, 0.717) is 12.1 Å². The molecular weight excluding hydrogens is 201 g/mol. The van der Waals surface area contributed by atoms with Crippen LogP contribution in [0, 0.1) is 5.82 Å². The van der Waals surface area contributed by atoms with Crippen molar-refractivity contribution in [2.24, 2.45) is 0 Å². The first-order chi connectivity index (χ1) is 7.81. The third-order valence-electron chi connectivity index (χ3n) is 2.50. The summed E-state index contributed by atoms with van der Waals surface area (Å²) in [6, 6.07) is 14.9. The van der Waals surface area contributed by atoms with Crippen molar-refractivity contribution in [1.82, 2.24) is 5.32 Å². The van der Waals surface area contributed by atoms with E-state index < -0.39 is 0 Å². The highest BCUT2D eigenvalue weighted by molar-refractivity contribution is 5.64. The Labute approximate surface area is 94.9 Å². The maximum Gasteiger partial charge on any atom is 0.131 e. The van der Waals surface area contributed by atoms with E-state index in [-0.39, 0.29) is 5.82 Å². The minimum Gasteiger partial charge on any atom is -0.316 e. The number of hydrogen-bond acceptors (Lipinski definition) is 1. The van der Waals surface area contributed by atoms with E-state index in [0.717, 1.165) is 11.1 Å². The van der Waals surface area contributed by atoms with Crippen molar-refractivity contribution in [2.45, 2.75) is 6.54 Å². The van der Waals surface area contributed by atoms with Gasteiger partial charge in [0.15, 0.2) is 0 Å². The molecule has 16 heavy (non-hydrogen) atoms. The minimum absolute atomic E-state index is 0.168. The Bertz CT molecular complexity index is 465. The summed E-state index contributed by atoms with van der Waals surface area (Å²) in [5.41, 5.74) is 2.52. The summed E-state index contributed by atoms with van der Waals surface area (Å²) in [7, 11) is 1.85. The summed E-state index contributed by atoms with van der Waals surface area (Å²) in [6.07, 6.45) is 0. The molecule has 0 aliphatic rings. The van der Waals surface area contributed by atoms with Crippen molar-refractivity contribution in [3.05, 3.63) is 59.9 Å². The second-order valence-corrected chi connectivity index (χ2v) is 3.71. The molecule has 2 aromatic carbocycles. The first kappa shape index (κ1) is 10.8. The van der Waals surface area contributed by atoms with Gasteiger partial charge in [0.1, 0.15) is 5.82 Å². The number of nitrogens with one attached hydrogen (secondary N) is 1. The van der Waals surface area contributed by atoms with E-state index in [4.69, 9.17) is 0 Å². The normalized spacial score (nSPS) is 10.4. The van der Waals surface area contributed by atoms with Gasteiger partial charge in [-0.3, -0.25) is 0 Å². The van der Waals surface area contributed by atoms with Crippen LogP contribution in [0.25, 0.3) is 11.1 Å². The fourth-order valence-electron chi connectivity index (χ4n) is 1.72. The Balaban J connectivity index is 2.37. The van der Waals surface area contributed by atoms with Crippen molar-refractivity contribution < 1.29 is 4.39 Å². The Kier molecular flexibility index (Phi) is 3.32. The van der Waals surface area contributed by atoms with Crippen LogP contribution < -0.4 is 5.32 Å². The van der Waals surface area contributed by atoms with Gasteiger partial charge in [0.25, 0.3) is 0 Å². The van der Waals surface area contributed by atoms with Gasteiger partial charge in [0, 0.05) is 12.1 Å². The van der Waals surface area contributed by atoms with E-state index in [1.807, 2.05) is 49.5 Å². The molecule has 0 radical (unpaired) electrons. The van der Waals surface area contributed by atoms with E-state index in [2.05, 4.69) is 5.32 Å². The summed E-state index contributed by atoms with van der Waals surface area (Å²) < 4.78 is 13.8. The van der Waals surface area contributed by atoms with Gasteiger partial charge in [-0.2, -0.15) is 0 Å². The Morgan fingerprint density at radius 1 is 1.06 bits per heavy atom. The van der Waals surface area contributed by atoms with Crippen LogP contribution in [0.5, 0.6) is 0 Å². The molecule has 1 N–H and O–H groups in total. The quantitative estimate of drug-likeness (QED) is 0.829. The van der Waals surface area contributed by atoms with Crippen LogP contribution in [0.2, 0.25) is 0 Å². The van der Waals surface area contributed by atoms with Crippen LogP contribution in [0.15, 0.2) is 48.5 Å². The van der Waals surface area contributed by atoms with Crippen molar-refractivity contribution in [1.29, 1.82) is 0 Å². The monoisotopic (exact) mass is 215 g/mol. The van der Waals surface area contributed by atoms with Crippen molar-refractivity contribution in [3.8, 4) is 11.1 Å². The lowest BCUT2D eigenvalue weighted by Gasteiger charge is -2.06. The second-order valence-electron chi connectivity index (χ2n) is 3.71. The van der Waals surface area contributed by atoms with Gasteiger partial charge < -0.3 is 5.32 Å². The maximum absolute atomic E-state index is 13.8. The van der Waals surface area contributed by atoms with Crippen LogP contribution in [-0.2, 0) is 6.54 Å². The summed E-state index contributed by atoms with van der Waals surface area (Å²) in [6.45, 7) is 0.686. The zero-order valence-electron chi connectivity index (χ0n) is 9.20. The molecule has 0 fully saturated rings. The lowest BCUT2D eigenvalue weighted by atomic mass is 10.0. The zero-order valence-corrected chi connectivity index (χ0v) is 9.20. The molecule has 1 nitrogen and oxygen atoms in total. The van der Waals surface area contributed by atoms with Gasteiger partial charge in [-0.1, -0.05) is 42.5 Å². The van der Waals surface area contributed by atoms with Crippen LogP contribution >= 0.6 is 0 Å². The second kappa shape index (κ2) is 4.90. The first-order valence-corrected chi connectivity index (χ1v) is 5.29. The molecule has 0 aromatic heterocycles. The lowest BCUT2D eigenvalue weighted by molar-refractivity contribution is 0.627. The van der Waals surface area contributed by atoms with Crippen molar-refractivity contribution >= 4 is 0 Å². The summed E-state index contributed by atoms with van der Waals surface area (Å²) in [5, 5.41) is 3.00. The summed E-state index contributed by atoms with van der Waals surface area (Å²) in [5.74, 6) is -0.168. The maximum atomic E-state index is 13.8. The van der Waals surface area contributed by atoms with E-state index in [1.165, 1.54) is 0 Å². The molecule has 0 bridgehead atoms. The molecule has 0 amide bonds. The van der Waals surface area contributed by atoms with Crippen molar-refractivity contribution in [3.63, 3.8) is 0 Å². The van der Waals surface area contributed by atoms with Crippen LogP contribution in [0.1, 0.15) is 5.56 Å². The van der Waals surface area contributed by atoms with Crippen LogP contribution in [0.4, 0.5) is 4.39 Å². The van der Waals surface area contributed by atoms with Gasteiger partial charge >= 0.3 is 0 Å². The van der Waals surface area contributed by atoms with Gasteiger partial charge in [-0.25, -0.2) is 4.39 Å². The Hall–Kier alpha value is -1.67. The molecule has 2 heteroatoms. The average Bonchev–Trinajstić information content (AvgIpc) is 2.31. The van der Waals surface area contributed by atoms with E-state index >= 15 is 0 Å². The van der Waals surface area contributed by atoms with E-state index in [1.54, 1.807) is 6.07 Å². The fourth-order valence-corrected chi connectivity index (χ4v) is 1.72. The molecule has 0 saturated heterocycles. The van der Waals surface area contributed by atoms with Crippen molar-refractivity contribution in [2.75, 3.05) is 7.05 Å². The van der Waals surface area contributed by atoms with Crippen LogP contribution in [-0.4, -0.2) is 7.05 Å². The average molecular weight is 215 g/mol. The number of rotatable bonds is 3. The molecule has 0 aliphatic carbocycles. The van der Waals surface area contributed by atoms with Gasteiger partial charge in [0.05, 0.1) is 0 Å². The topological polar surface area (TPSA) is 12.0 Å². The highest BCUT2D eigenvalue weighted by Gasteiger charge is 2.04. The van der Waals surface area contributed by atoms with Gasteiger partial charge in [0.2, 0.25) is 0 Å². The molecule has 0 aliphatic heterocycles. The smallest absolute Gasteiger partial charge is 0.131 e. The highest BCUT2D eigenvalue weighted by Crippen LogP contribution is 2.23. The summed E-state index contributed by atoms with van der Waals surface area (Å²) in [4.78, 5) is 0. The molecule has 0 saturated carbocycles. The largest absolute Gasteiger partial charge is 0.316 e. The zero-order chi connectivity index (χ0) is 11.4. The van der Waals surface area contributed by atoms with Gasteiger partial charge in [-0.05, 0) is 24.2 Å². The highest BCUT2D eigenvalue weighted by atomic mass is 19.1. The third-order valence-corrected chi connectivity index (χ3v) is 2.50. The summed E-state index contributed by atoms with van der Waals surface area (Å²) >= 11 is 0. The SMILES string of the molecule is CNCc1ccc(-c2ccccc2)c(F)c1. The predicted octanol–water partition coefficient (Wildman–Crippen LogP) is 3.21. The molecule has 0 atom stereocenters. The molecule has 0 unspecified atom stereocenters. The molecule has 0 heterocycles. The van der Waals surface area contributed by atoms with E-state index in [9.17, 15) is 4.39 Å². The first-order valence-electron chi connectivity index (χ1n) is 5.29. The third kappa shape index (κ3) is 2.28. The number of benzene rings is 2.